The molecule has 9 heteroatoms. The summed E-state index contributed by atoms with van der Waals surface area (Å²) in [6, 6.07) is 14.6. The lowest BCUT2D eigenvalue weighted by molar-refractivity contribution is 0.0722. The number of thiazole rings is 1. The molecule has 0 unspecified atom stereocenters. The van der Waals surface area contributed by atoms with E-state index in [-0.39, 0.29) is 17.4 Å². The highest BCUT2D eigenvalue weighted by atomic mass is 35.5. The van der Waals surface area contributed by atoms with Crippen LogP contribution in [-0.2, 0) is 6.42 Å². The van der Waals surface area contributed by atoms with Gasteiger partial charge in [0.25, 0.3) is 11.5 Å². The zero-order valence-corrected chi connectivity index (χ0v) is 25.3. The molecule has 0 radical (unpaired) electrons. The van der Waals surface area contributed by atoms with Gasteiger partial charge in [0, 0.05) is 34.7 Å². The Morgan fingerprint density at radius 1 is 1.02 bits per heavy atom. The van der Waals surface area contributed by atoms with Gasteiger partial charge in [-0.05, 0) is 61.9 Å². The smallest absolute Gasteiger partial charge is 0.265 e. The second kappa shape index (κ2) is 12.5. The third-order valence-electron chi connectivity index (χ3n) is 7.28. The Labute approximate surface area is 249 Å². The second-order valence-electron chi connectivity index (χ2n) is 10.6. The minimum absolute atomic E-state index is 0.0707. The SMILES string of the molecule is COc1cccc(OC)c1-n1c(CC(C)C)c(C(=O)N2CCCCC2)cc(-c2nc(-c3ccc(Cl)cc3)cs2)c1=O. The number of hydrogen-bond acceptors (Lipinski definition) is 6. The third kappa shape index (κ3) is 5.90. The molecule has 1 aliphatic heterocycles. The number of para-hydroxylation sites is 1. The predicted molar refractivity (Wildman–Crippen MR) is 165 cm³/mol. The van der Waals surface area contributed by atoms with Gasteiger partial charge in [0.05, 0.1) is 31.0 Å². The Morgan fingerprint density at radius 2 is 1.68 bits per heavy atom. The number of halogens is 1. The summed E-state index contributed by atoms with van der Waals surface area (Å²) in [6.07, 6.45) is 3.56. The van der Waals surface area contributed by atoms with Gasteiger partial charge in [-0.2, -0.15) is 0 Å². The topological polar surface area (TPSA) is 73.7 Å². The van der Waals surface area contributed by atoms with E-state index in [0.717, 1.165) is 30.5 Å². The van der Waals surface area contributed by atoms with Gasteiger partial charge < -0.3 is 14.4 Å². The van der Waals surface area contributed by atoms with Crippen LogP contribution in [0, 0.1) is 5.92 Å². The number of nitrogens with zero attached hydrogens (tertiary/aromatic N) is 3. The maximum absolute atomic E-state index is 14.5. The molecule has 0 atom stereocenters. The quantitative estimate of drug-likeness (QED) is 0.218. The molecule has 1 fully saturated rings. The first-order valence-electron chi connectivity index (χ1n) is 13.8. The Bertz CT molecular complexity index is 1580. The van der Waals surface area contributed by atoms with E-state index >= 15 is 0 Å². The summed E-state index contributed by atoms with van der Waals surface area (Å²) in [6.45, 7) is 5.56. The zero-order valence-electron chi connectivity index (χ0n) is 23.8. The van der Waals surface area contributed by atoms with Crippen LogP contribution in [0.1, 0.15) is 49.2 Å². The lowest BCUT2D eigenvalue weighted by Gasteiger charge is -2.29. The lowest BCUT2D eigenvalue weighted by Crippen LogP contribution is -2.38. The molecule has 0 saturated carbocycles. The molecule has 3 heterocycles. The number of hydrogen-bond donors (Lipinski definition) is 0. The van der Waals surface area contributed by atoms with Gasteiger partial charge in [0.1, 0.15) is 22.2 Å². The molecule has 1 aliphatic rings. The summed E-state index contributed by atoms with van der Waals surface area (Å²) in [5, 5.41) is 3.09. The second-order valence-corrected chi connectivity index (χ2v) is 11.9. The number of carbonyl (C=O) groups excluding carboxylic acids is 1. The van der Waals surface area contributed by atoms with Gasteiger partial charge in [0.15, 0.2) is 0 Å². The standard InChI is InChI=1S/C32H34ClN3O4S/c1-20(2)17-26-23(31(37)35-15-6-5-7-16-35)18-24(30-34-25(19-41-30)21-11-13-22(33)14-12-21)32(38)36(26)29-27(39-3)9-8-10-28(29)40-4/h8-14,18-20H,5-7,15-17H2,1-4H3. The van der Waals surface area contributed by atoms with Crippen molar-refractivity contribution in [1.82, 2.24) is 14.5 Å². The molecule has 0 bridgehead atoms. The number of pyridine rings is 1. The fraction of sp³-hybridized carbons (Fsp3) is 0.344. The number of carbonyl (C=O) groups is 1. The number of rotatable bonds is 8. The van der Waals surface area contributed by atoms with Crippen molar-refractivity contribution in [3.63, 3.8) is 0 Å². The minimum Gasteiger partial charge on any atom is -0.494 e. The highest BCUT2D eigenvalue weighted by Crippen LogP contribution is 2.36. The van der Waals surface area contributed by atoms with Crippen LogP contribution in [-0.4, -0.2) is 47.7 Å². The number of likely N-dealkylation sites (tertiary alicyclic amines) is 1. The van der Waals surface area contributed by atoms with Crippen molar-refractivity contribution in [2.45, 2.75) is 39.5 Å². The van der Waals surface area contributed by atoms with E-state index < -0.39 is 0 Å². The first-order valence-corrected chi connectivity index (χ1v) is 15.1. The maximum atomic E-state index is 14.5. The maximum Gasteiger partial charge on any atom is 0.265 e. The first kappa shape index (κ1) is 28.9. The van der Waals surface area contributed by atoms with E-state index in [1.165, 1.54) is 11.3 Å². The Balaban J connectivity index is 1.80. The van der Waals surface area contributed by atoms with Gasteiger partial charge >= 0.3 is 0 Å². The van der Waals surface area contributed by atoms with Crippen molar-refractivity contribution in [3.05, 3.63) is 80.5 Å². The minimum atomic E-state index is -0.282. The van der Waals surface area contributed by atoms with Crippen molar-refractivity contribution in [2.24, 2.45) is 5.92 Å². The van der Waals surface area contributed by atoms with E-state index in [1.807, 2.05) is 40.6 Å². The normalized spacial score (nSPS) is 13.5. The van der Waals surface area contributed by atoms with Crippen molar-refractivity contribution in [1.29, 1.82) is 0 Å². The van der Waals surface area contributed by atoms with E-state index in [9.17, 15) is 9.59 Å². The summed E-state index contributed by atoms with van der Waals surface area (Å²) < 4.78 is 13.1. The van der Waals surface area contributed by atoms with Gasteiger partial charge in [-0.3, -0.25) is 14.2 Å². The number of aromatic nitrogens is 2. The van der Waals surface area contributed by atoms with Gasteiger partial charge in [-0.25, -0.2) is 4.98 Å². The van der Waals surface area contributed by atoms with Gasteiger partial charge in [0.2, 0.25) is 0 Å². The zero-order chi connectivity index (χ0) is 29.1. The lowest BCUT2D eigenvalue weighted by atomic mass is 9.98. The molecule has 214 valence electrons. The van der Waals surface area contributed by atoms with Crippen LogP contribution in [0.2, 0.25) is 5.02 Å². The molecule has 0 N–H and O–H groups in total. The van der Waals surface area contributed by atoms with E-state index in [0.29, 0.717) is 63.5 Å². The molecule has 0 aliphatic carbocycles. The average Bonchev–Trinajstić information content (AvgIpc) is 3.47. The van der Waals surface area contributed by atoms with Gasteiger partial charge in [-0.1, -0.05) is 43.6 Å². The fourth-order valence-corrected chi connectivity index (χ4v) is 6.25. The summed E-state index contributed by atoms with van der Waals surface area (Å²) in [5.41, 5.74) is 3.32. The Kier molecular flexibility index (Phi) is 8.80. The van der Waals surface area contributed by atoms with E-state index in [2.05, 4.69) is 13.8 Å². The monoisotopic (exact) mass is 591 g/mol. The summed E-state index contributed by atoms with van der Waals surface area (Å²) in [7, 11) is 3.13. The van der Waals surface area contributed by atoms with Crippen LogP contribution in [0.4, 0.5) is 0 Å². The van der Waals surface area contributed by atoms with Crippen LogP contribution < -0.4 is 15.0 Å². The van der Waals surface area contributed by atoms with E-state index in [1.54, 1.807) is 37.0 Å². The number of amides is 1. The first-order chi connectivity index (χ1) is 19.8. The molecule has 7 nitrogen and oxygen atoms in total. The molecule has 4 aromatic rings. The fourth-order valence-electron chi connectivity index (χ4n) is 5.29. The van der Waals surface area contributed by atoms with Crippen molar-refractivity contribution < 1.29 is 14.3 Å². The molecule has 2 aromatic heterocycles. The highest BCUT2D eigenvalue weighted by molar-refractivity contribution is 7.13. The van der Waals surface area contributed by atoms with E-state index in [4.69, 9.17) is 26.1 Å². The number of methoxy groups -OCH3 is 2. The molecular formula is C32H34ClN3O4S. The molecule has 2 aromatic carbocycles. The van der Waals surface area contributed by atoms with Crippen LogP contribution >= 0.6 is 22.9 Å². The van der Waals surface area contributed by atoms with Crippen molar-refractivity contribution in [2.75, 3.05) is 27.3 Å². The number of benzene rings is 2. The van der Waals surface area contributed by atoms with Gasteiger partial charge in [-0.15, -0.1) is 11.3 Å². The van der Waals surface area contributed by atoms with Crippen molar-refractivity contribution >= 4 is 28.8 Å². The summed E-state index contributed by atoms with van der Waals surface area (Å²) >= 11 is 7.46. The molecule has 1 saturated heterocycles. The third-order valence-corrected chi connectivity index (χ3v) is 8.41. The molecule has 1 amide bonds. The summed E-state index contributed by atoms with van der Waals surface area (Å²) in [4.78, 5) is 35.4. The van der Waals surface area contributed by atoms with Crippen LogP contribution in [0.3, 0.4) is 0 Å². The summed E-state index contributed by atoms with van der Waals surface area (Å²) in [5.74, 6) is 1.06. The Hall–Kier alpha value is -3.62. The average molecular weight is 592 g/mol. The molecule has 5 rings (SSSR count). The Morgan fingerprint density at radius 3 is 2.29 bits per heavy atom. The highest BCUT2D eigenvalue weighted by Gasteiger charge is 2.29. The molecule has 0 spiro atoms. The number of piperidine rings is 1. The largest absolute Gasteiger partial charge is 0.494 e. The van der Waals surface area contributed by atoms with Crippen LogP contribution in [0.5, 0.6) is 11.5 Å². The predicted octanol–water partition coefficient (Wildman–Crippen LogP) is 7.12. The van der Waals surface area contributed by atoms with Crippen LogP contribution in [0.15, 0.2) is 58.7 Å². The molecule has 41 heavy (non-hydrogen) atoms. The number of ether oxygens (including phenoxy) is 2. The van der Waals surface area contributed by atoms with Crippen molar-refractivity contribution in [3.8, 4) is 39.0 Å². The van der Waals surface area contributed by atoms with Crippen LogP contribution in [0.25, 0.3) is 27.5 Å². The molecular weight excluding hydrogens is 558 g/mol.